The zero-order valence-electron chi connectivity index (χ0n) is 9.81. The van der Waals surface area contributed by atoms with Crippen LogP contribution < -0.4 is 5.32 Å². The average molecular weight is 255 g/mol. The van der Waals surface area contributed by atoms with Gasteiger partial charge in [-0.3, -0.25) is 9.59 Å². The molecule has 0 aliphatic carbocycles. The van der Waals surface area contributed by atoms with Gasteiger partial charge in [-0.25, -0.2) is 4.39 Å². The van der Waals surface area contributed by atoms with Gasteiger partial charge in [-0.05, 0) is 24.1 Å². The van der Waals surface area contributed by atoms with Crippen molar-refractivity contribution >= 4 is 11.9 Å². The van der Waals surface area contributed by atoms with Crippen molar-refractivity contribution in [3.8, 4) is 5.75 Å². The molecule has 0 heterocycles. The number of hydrogen-bond acceptors (Lipinski definition) is 3. The molecule has 1 atom stereocenters. The second kappa shape index (κ2) is 6.00. The van der Waals surface area contributed by atoms with E-state index in [0.717, 1.165) is 6.07 Å². The summed E-state index contributed by atoms with van der Waals surface area (Å²) in [5, 5.41) is 20.4. The van der Waals surface area contributed by atoms with Crippen molar-refractivity contribution in [3.05, 3.63) is 29.6 Å². The van der Waals surface area contributed by atoms with Gasteiger partial charge in [0.25, 0.3) is 0 Å². The molecule has 0 fully saturated rings. The van der Waals surface area contributed by atoms with Gasteiger partial charge in [0.15, 0.2) is 11.6 Å². The minimum atomic E-state index is -1.07. The Kier molecular flexibility index (Phi) is 4.65. The summed E-state index contributed by atoms with van der Waals surface area (Å²) in [6.07, 6.45) is 0.0762. The minimum absolute atomic E-state index is 0.0207. The topological polar surface area (TPSA) is 86.6 Å². The maximum absolute atomic E-state index is 13.1. The van der Waals surface area contributed by atoms with E-state index in [-0.39, 0.29) is 18.9 Å². The van der Waals surface area contributed by atoms with Gasteiger partial charge in [0, 0.05) is 13.5 Å². The summed E-state index contributed by atoms with van der Waals surface area (Å²) in [5.74, 6) is -3.50. The lowest BCUT2D eigenvalue weighted by Gasteiger charge is -2.12. The number of hydrogen-bond donors (Lipinski definition) is 3. The zero-order valence-corrected chi connectivity index (χ0v) is 9.81. The summed E-state index contributed by atoms with van der Waals surface area (Å²) >= 11 is 0. The number of nitrogens with one attached hydrogen (secondary N) is 1. The molecule has 0 aromatic heterocycles. The summed E-state index contributed by atoms with van der Waals surface area (Å²) in [5.41, 5.74) is 0.447. The smallest absolute Gasteiger partial charge is 0.308 e. The minimum Gasteiger partial charge on any atom is -0.505 e. The molecule has 0 radical (unpaired) electrons. The normalized spacial score (nSPS) is 11.9. The number of phenols is 1. The summed E-state index contributed by atoms with van der Waals surface area (Å²) in [6.45, 7) is 1.27. The number of aliphatic carboxylic acids is 1. The fourth-order valence-electron chi connectivity index (χ4n) is 1.48. The van der Waals surface area contributed by atoms with Crippen LogP contribution in [-0.4, -0.2) is 28.6 Å². The second-order valence-electron chi connectivity index (χ2n) is 3.96. The highest BCUT2D eigenvalue weighted by Crippen LogP contribution is 2.18. The second-order valence-corrected chi connectivity index (χ2v) is 3.96. The highest BCUT2D eigenvalue weighted by atomic mass is 19.1. The number of carbonyl (C=O) groups excluding carboxylic acids is 1. The Morgan fingerprint density at radius 1 is 1.44 bits per heavy atom. The fraction of sp³-hybridized carbons (Fsp3) is 0.333. The summed E-state index contributed by atoms with van der Waals surface area (Å²) in [7, 11) is 0. The first kappa shape index (κ1) is 14.0. The maximum atomic E-state index is 13.1. The van der Waals surface area contributed by atoms with Gasteiger partial charge < -0.3 is 15.5 Å². The van der Waals surface area contributed by atoms with Crippen LogP contribution in [0.2, 0.25) is 0 Å². The molecule has 0 aliphatic rings. The third-order valence-electron chi connectivity index (χ3n) is 2.44. The van der Waals surface area contributed by atoms with Crippen LogP contribution in [0.4, 0.5) is 4.39 Å². The number of rotatable bonds is 5. The number of carboxylic acid groups (broad SMARTS) is 1. The molecule has 1 aromatic rings. The van der Waals surface area contributed by atoms with Crippen LogP contribution in [0.1, 0.15) is 12.5 Å². The molecule has 0 aliphatic heterocycles. The van der Waals surface area contributed by atoms with Crippen molar-refractivity contribution in [2.45, 2.75) is 13.3 Å². The van der Waals surface area contributed by atoms with Crippen molar-refractivity contribution in [2.75, 3.05) is 6.54 Å². The first-order chi connectivity index (χ1) is 8.40. The van der Waals surface area contributed by atoms with E-state index in [0.29, 0.717) is 5.56 Å². The van der Waals surface area contributed by atoms with Crippen molar-refractivity contribution in [1.82, 2.24) is 5.32 Å². The largest absolute Gasteiger partial charge is 0.505 e. The quantitative estimate of drug-likeness (QED) is 0.730. The van der Waals surface area contributed by atoms with Gasteiger partial charge in [-0.1, -0.05) is 6.07 Å². The molecule has 0 bridgehead atoms. The van der Waals surface area contributed by atoms with E-state index >= 15 is 0 Å². The lowest BCUT2D eigenvalue weighted by molar-refractivity contribution is -0.141. The van der Waals surface area contributed by atoms with Gasteiger partial charge in [0.2, 0.25) is 5.91 Å². The van der Waals surface area contributed by atoms with Crippen molar-refractivity contribution in [2.24, 2.45) is 5.92 Å². The van der Waals surface area contributed by atoms with Gasteiger partial charge in [-0.15, -0.1) is 0 Å². The Morgan fingerprint density at radius 2 is 2.11 bits per heavy atom. The molecule has 98 valence electrons. The monoisotopic (exact) mass is 255 g/mol. The Labute approximate surface area is 103 Å². The molecule has 5 nitrogen and oxygen atoms in total. The molecular formula is C12H14FNO4. The number of carboxylic acids is 1. The Morgan fingerprint density at radius 3 is 2.61 bits per heavy atom. The number of amides is 1. The predicted octanol–water partition coefficient (Wildman–Crippen LogP) is 0.911. The van der Waals surface area contributed by atoms with Gasteiger partial charge in [-0.2, -0.15) is 0 Å². The molecule has 0 saturated heterocycles. The maximum Gasteiger partial charge on any atom is 0.308 e. The molecule has 1 aromatic carbocycles. The van der Waals surface area contributed by atoms with Gasteiger partial charge in [0.1, 0.15) is 0 Å². The summed E-state index contributed by atoms with van der Waals surface area (Å²) in [6, 6.07) is 3.70. The van der Waals surface area contributed by atoms with Crippen LogP contribution in [-0.2, 0) is 16.0 Å². The third-order valence-corrected chi connectivity index (χ3v) is 2.44. The van der Waals surface area contributed by atoms with E-state index in [1.165, 1.54) is 19.1 Å². The molecule has 18 heavy (non-hydrogen) atoms. The summed E-state index contributed by atoms with van der Waals surface area (Å²) in [4.78, 5) is 21.7. The Bertz CT molecular complexity index is 461. The average Bonchev–Trinajstić information content (AvgIpc) is 2.28. The van der Waals surface area contributed by atoms with E-state index in [9.17, 15) is 14.0 Å². The number of carbonyl (C=O) groups is 2. The Balaban J connectivity index is 2.73. The molecular weight excluding hydrogens is 241 g/mol. The van der Waals surface area contributed by atoms with Gasteiger partial charge >= 0.3 is 5.97 Å². The molecule has 0 saturated carbocycles. The van der Waals surface area contributed by atoms with E-state index < -0.39 is 23.5 Å². The SMILES string of the molecule is CC(=O)NCC(Cc1ccc(O)c(F)c1)C(=O)O. The number of benzene rings is 1. The lowest BCUT2D eigenvalue weighted by atomic mass is 9.99. The molecule has 1 rings (SSSR count). The van der Waals surface area contributed by atoms with Crippen molar-refractivity contribution in [3.63, 3.8) is 0 Å². The molecule has 1 unspecified atom stereocenters. The Hall–Kier alpha value is -2.11. The van der Waals surface area contributed by atoms with Crippen LogP contribution in [0, 0.1) is 11.7 Å². The van der Waals surface area contributed by atoms with Gasteiger partial charge in [0.05, 0.1) is 5.92 Å². The first-order valence-electron chi connectivity index (χ1n) is 5.34. The highest BCUT2D eigenvalue weighted by molar-refractivity contribution is 5.75. The predicted molar refractivity (Wildman–Crippen MR) is 61.6 cm³/mol. The molecule has 1 amide bonds. The van der Waals surface area contributed by atoms with E-state index in [1.807, 2.05) is 0 Å². The van der Waals surface area contributed by atoms with Crippen LogP contribution in [0.15, 0.2) is 18.2 Å². The molecule has 6 heteroatoms. The van der Waals surface area contributed by atoms with Crippen molar-refractivity contribution in [1.29, 1.82) is 0 Å². The molecule has 0 spiro atoms. The molecule has 3 N–H and O–H groups in total. The highest BCUT2D eigenvalue weighted by Gasteiger charge is 2.18. The zero-order chi connectivity index (χ0) is 13.7. The van der Waals surface area contributed by atoms with Crippen LogP contribution >= 0.6 is 0 Å². The van der Waals surface area contributed by atoms with E-state index in [4.69, 9.17) is 10.2 Å². The summed E-state index contributed by atoms with van der Waals surface area (Å²) < 4.78 is 13.1. The first-order valence-corrected chi connectivity index (χ1v) is 5.34. The van der Waals surface area contributed by atoms with Crippen LogP contribution in [0.5, 0.6) is 5.75 Å². The standard InChI is InChI=1S/C12H14FNO4/c1-7(15)14-6-9(12(17)18)4-8-2-3-11(16)10(13)5-8/h2-3,5,9,16H,4,6H2,1H3,(H,14,15)(H,17,18). The van der Waals surface area contributed by atoms with E-state index in [1.54, 1.807) is 0 Å². The number of halogens is 1. The number of phenolic OH excluding ortho intramolecular Hbond substituents is 1. The lowest BCUT2D eigenvalue weighted by Crippen LogP contribution is -2.32. The third kappa shape index (κ3) is 4.04. The van der Waals surface area contributed by atoms with E-state index in [2.05, 4.69) is 5.32 Å². The van der Waals surface area contributed by atoms with Crippen LogP contribution in [0.3, 0.4) is 0 Å². The van der Waals surface area contributed by atoms with Crippen LogP contribution in [0.25, 0.3) is 0 Å². The fourth-order valence-corrected chi connectivity index (χ4v) is 1.48. The van der Waals surface area contributed by atoms with Crippen molar-refractivity contribution < 1.29 is 24.2 Å². The number of aromatic hydroxyl groups is 1.